The minimum Gasteiger partial charge on any atom is -0.466 e. The molecule has 0 saturated heterocycles. The molecule has 1 unspecified atom stereocenters. The van der Waals surface area contributed by atoms with Gasteiger partial charge in [-0.05, 0) is 50.3 Å². The average Bonchev–Trinajstić information content (AvgIpc) is 2.58. The van der Waals surface area contributed by atoms with Gasteiger partial charge in [0, 0.05) is 6.04 Å². The van der Waals surface area contributed by atoms with Gasteiger partial charge in [0.05, 0.1) is 25.2 Å². The SMILES string of the molecule is CCOC(=O)C1CCC(NC(CO)c2cc(F)c(F)c(F)c2)CC1. The van der Waals surface area contributed by atoms with E-state index in [9.17, 15) is 23.1 Å². The van der Waals surface area contributed by atoms with Crippen molar-refractivity contribution in [3.05, 3.63) is 35.1 Å². The van der Waals surface area contributed by atoms with Gasteiger partial charge in [-0.2, -0.15) is 0 Å². The van der Waals surface area contributed by atoms with Crippen LogP contribution in [0.2, 0.25) is 0 Å². The van der Waals surface area contributed by atoms with E-state index in [0.717, 1.165) is 12.1 Å². The van der Waals surface area contributed by atoms with Crippen molar-refractivity contribution in [1.82, 2.24) is 5.32 Å². The van der Waals surface area contributed by atoms with Crippen LogP contribution >= 0.6 is 0 Å². The van der Waals surface area contributed by atoms with E-state index in [0.29, 0.717) is 32.3 Å². The normalized spacial score (nSPS) is 22.2. The summed E-state index contributed by atoms with van der Waals surface area (Å²) in [4.78, 5) is 11.7. The number of carbonyl (C=O) groups excluding carboxylic acids is 1. The highest BCUT2D eigenvalue weighted by atomic mass is 19.2. The number of esters is 1. The Morgan fingerprint density at radius 1 is 1.25 bits per heavy atom. The molecule has 0 heterocycles. The fourth-order valence-electron chi connectivity index (χ4n) is 3.07. The number of benzene rings is 1. The maximum absolute atomic E-state index is 13.4. The summed E-state index contributed by atoms with van der Waals surface area (Å²) >= 11 is 0. The standard InChI is InChI=1S/C17H22F3NO3/c1-2-24-17(23)10-3-5-12(6-4-10)21-15(9-22)11-7-13(18)16(20)14(19)8-11/h7-8,10,12,15,21-22H,2-6,9H2,1H3. The van der Waals surface area contributed by atoms with Crippen LogP contribution in [0.25, 0.3) is 0 Å². The van der Waals surface area contributed by atoms with Gasteiger partial charge in [-0.25, -0.2) is 13.2 Å². The fourth-order valence-corrected chi connectivity index (χ4v) is 3.07. The smallest absolute Gasteiger partial charge is 0.308 e. The summed E-state index contributed by atoms with van der Waals surface area (Å²) in [5, 5.41) is 12.6. The molecule has 0 bridgehead atoms. The fraction of sp³-hybridized carbons (Fsp3) is 0.588. The Hall–Kier alpha value is -1.60. The lowest BCUT2D eigenvalue weighted by molar-refractivity contribution is -0.149. The van der Waals surface area contributed by atoms with Crippen molar-refractivity contribution < 1.29 is 27.8 Å². The van der Waals surface area contributed by atoms with Crippen molar-refractivity contribution in [3.8, 4) is 0 Å². The molecule has 1 aliphatic rings. The summed E-state index contributed by atoms with van der Waals surface area (Å²) in [7, 11) is 0. The summed E-state index contributed by atoms with van der Waals surface area (Å²) < 4.78 is 44.8. The summed E-state index contributed by atoms with van der Waals surface area (Å²) in [5.74, 6) is -4.41. The second-order valence-corrected chi connectivity index (χ2v) is 6.00. The Morgan fingerprint density at radius 3 is 2.33 bits per heavy atom. The van der Waals surface area contributed by atoms with Crippen LogP contribution < -0.4 is 5.32 Å². The average molecular weight is 345 g/mol. The number of ether oxygens (including phenoxy) is 1. The van der Waals surface area contributed by atoms with Crippen molar-refractivity contribution >= 4 is 5.97 Å². The monoisotopic (exact) mass is 345 g/mol. The molecule has 1 aromatic carbocycles. The minimum atomic E-state index is -1.52. The number of halogens is 3. The predicted molar refractivity (Wildman–Crippen MR) is 81.7 cm³/mol. The minimum absolute atomic E-state index is 0.00371. The Bertz CT molecular complexity index is 551. The van der Waals surface area contributed by atoms with E-state index in [2.05, 4.69) is 5.32 Å². The van der Waals surface area contributed by atoms with Crippen molar-refractivity contribution in [2.45, 2.75) is 44.7 Å². The number of hydrogen-bond donors (Lipinski definition) is 2. The number of rotatable bonds is 6. The number of aliphatic hydroxyl groups is 1. The van der Waals surface area contributed by atoms with Crippen molar-refractivity contribution in [1.29, 1.82) is 0 Å². The summed E-state index contributed by atoms with van der Waals surface area (Å²) in [5.41, 5.74) is 0.154. The Kier molecular flexibility index (Phi) is 6.62. The molecule has 0 spiro atoms. The van der Waals surface area contributed by atoms with Crippen molar-refractivity contribution in [2.75, 3.05) is 13.2 Å². The van der Waals surface area contributed by atoms with Gasteiger partial charge in [0.15, 0.2) is 17.5 Å². The van der Waals surface area contributed by atoms with Crippen LogP contribution in [0, 0.1) is 23.4 Å². The van der Waals surface area contributed by atoms with Crippen molar-refractivity contribution in [3.63, 3.8) is 0 Å². The number of aliphatic hydroxyl groups excluding tert-OH is 1. The highest BCUT2D eigenvalue weighted by molar-refractivity contribution is 5.72. The van der Waals surface area contributed by atoms with E-state index in [1.54, 1.807) is 6.92 Å². The van der Waals surface area contributed by atoms with Crippen LogP contribution in [-0.4, -0.2) is 30.3 Å². The molecule has 24 heavy (non-hydrogen) atoms. The molecule has 1 saturated carbocycles. The van der Waals surface area contributed by atoms with Crippen LogP contribution in [-0.2, 0) is 9.53 Å². The maximum atomic E-state index is 13.4. The van der Waals surface area contributed by atoms with E-state index in [1.807, 2.05) is 0 Å². The van der Waals surface area contributed by atoms with Crippen LogP contribution in [0.3, 0.4) is 0 Å². The first-order valence-corrected chi connectivity index (χ1v) is 8.14. The zero-order chi connectivity index (χ0) is 17.7. The zero-order valence-corrected chi connectivity index (χ0v) is 13.5. The Morgan fingerprint density at radius 2 is 1.83 bits per heavy atom. The third-order valence-corrected chi connectivity index (χ3v) is 4.38. The third kappa shape index (κ3) is 4.48. The quantitative estimate of drug-likeness (QED) is 0.615. The molecule has 7 heteroatoms. The van der Waals surface area contributed by atoms with E-state index in [-0.39, 0.29) is 30.1 Å². The molecule has 134 valence electrons. The number of carbonyl (C=O) groups is 1. The molecule has 1 aromatic rings. The van der Waals surface area contributed by atoms with Gasteiger partial charge in [0.25, 0.3) is 0 Å². The summed E-state index contributed by atoms with van der Waals surface area (Å²) in [6, 6.07) is 1.08. The van der Waals surface area contributed by atoms with Gasteiger partial charge in [-0.1, -0.05) is 0 Å². The molecule has 0 aromatic heterocycles. The molecule has 1 fully saturated rings. The van der Waals surface area contributed by atoms with Gasteiger partial charge in [0.1, 0.15) is 0 Å². The number of hydrogen-bond acceptors (Lipinski definition) is 4. The highest BCUT2D eigenvalue weighted by Crippen LogP contribution is 2.28. The highest BCUT2D eigenvalue weighted by Gasteiger charge is 2.29. The Labute approximate surface area is 139 Å². The van der Waals surface area contributed by atoms with Gasteiger partial charge in [0.2, 0.25) is 0 Å². The molecule has 4 nitrogen and oxygen atoms in total. The molecule has 2 N–H and O–H groups in total. The molecule has 1 atom stereocenters. The lowest BCUT2D eigenvalue weighted by atomic mass is 9.85. The van der Waals surface area contributed by atoms with Crippen LogP contribution in [0.15, 0.2) is 12.1 Å². The van der Waals surface area contributed by atoms with E-state index >= 15 is 0 Å². The second-order valence-electron chi connectivity index (χ2n) is 6.00. The second kappa shape index (κ2) is 8.48. The molecule has 0 radical (unpaired) electrons. The van der Waals surface area contributed by atoms with Crippen LogP contribution in [0.1, 0.15) is 44.2 Å². The van der Waals surface area contributed by atoms with E-state index < -0.39 is 23.5 Å². The summed E-state index contributed by atoms with van der Waals surface area (Å²) in [6.07, 6.45) is 2.68. The molecular formula is C17H22F3NO3. The lowest BCUT2D eigenvalue weighted by Gasteiger charge is -2.31. The summed E-state index contributed by atoms with van der Waals surface area (Å²) in [6.45, 7) is 1.74. The van der Waals surface area contributed by atoms with Crippen LogP contribution in [0.5, 0.6) is 0 Å². The van der Waals surface area contributed by atoms with E-state index in [4.69, 9.17) is 4.74 Å². The first-order chi connectivity index (χ1) is 11.5. The first kappa shape index (κ1) is 18.7. The molecule has 1 aliphatic carbocycles. The van der Waals surface area contributed by atoms with Crippen LogP contribution in [0.4, 0.5) is 13.2 Å². The largest absolute Gasteiger partial charge is 0.466 e. The molecule has 0 amide bonds. The molecule has 0 aliphatic heterocycles. The van der Waals surface area contributed by atoms with Gasteiger partial charge < -0.3 is 15.2 Å². The van der Waals surface area contributed by atoms with E-state index in [1.165, 1.54) is 0 Å². The first-order valence-electron chi connectivity index (χ1n) is 8.14. The molecular weight excluding hydrogens is 323 g/mol. The maximum Gasteiger partial charge on any atom is 0.308 e. The zero-order valence-electron chi connectivity index (χ0n) is 13.5. The van der Waals surface area contributed by atoms with Gasteiger partial charge in [-0.3, -0.25) is 4.79 Å². The number of nitrogens with one attached hydrogen (secondary N) is 1. The van der Waals surface area contributed by atoms with Crippen molar-refractivity contribution in [2.24, 2.45) is 5.92 Å². The predicted octanol–water partition coefficient (Wildman–Crippen LogP) is 2.85. The topological polar surface area (TPSA) is 58.6 Å². The lowest BCUT2D eigenvalue weighted by Crippen LogP contribution is -2.39. The van der Waals surface area contributed by atoms with Gasteiger partial charge >= 0.3 is 5.97 Å². The molecule has 2 rings (SSSR count). The third-order valence-electron chi connectivity index (χ3n) is 4.38. The Balaban J connectivity index is 1.96. The van der Waals surface area contributed by atoms with Gasteiger partial charge in [-0.15, -0.1) is 0 Å².